The van der Waals surface area contributed by atoms with E-state index in [9.17, 15) is 4.79 Å². The highest BCUT2D eigenvalue weighted by Gasteiger charge is 2.13. The Morgan fingerprint density at radius 2 is 2.12 bits per heavy atom. The van der Waals surface area contributed by atoms with Crippen molar-refractivity contribution in [2.75, 3.05) is 39.4 Å². The lowest BCUT2D eigenvalue weighted by molar-refractivity contribution is 0.0393. The van der Waals surface area contributed by atoms with Crippen LogP contribution in [-0.2, 0) is 9.47 Å². The number of rotatable bonds is 5. The van der Waals surface area contributed by atoms with Gasteiger partial charge in [-0.2, -0.15) is 0 Å². The van der Waals surface area contributed by atoms with Gasteiger partial charge in [0.05, 0.1) is 25.9 Å². The molecule has 1 heterocycles. The summed E-state index contributed by atoms with van der Waals surface area (Å²) in [5.41, 5.74) is 1.64. The van der Waals surface area contributed by atoms with E-state index in [4.69, 9.17) is 9.47 Å². The summed E-state index contributed by atoms with van der Waals surface area (Å²) in [6.07, 6.45) is -0.0510. The van der Waals surface area contributed by atoms with Crippen LogP contribution in [0.4, 0.5) is 0 Å². The Kier molecular flexibility index (Phi) is 7.21. The van der Waals surface area contributed by atoms with E-state index in [-0.39, 0.29) is 18.0 Å². The average Bonchev–Trinajstić information content (AvgIpc) is 2.55. The normalized spacial score (nSPS) is 16.2. The molecule has 0 saturated carbocycles. The monoisotopic (exact) mass is 333 g/mol. The second kappa shape index (κ2) is 9.39. The molecule has 1 aliphatic heterocycles. The van der Waals surface area contributed by atoms with Crippen LogP contribution in [-0.4, -0.2) is 62.3 Å². The molecule has 1 aromatic rings. The zero-order valence-corrected chi connectivity index (χ0v) is 14.7. The molecule has 0 aliphatic carbocycles. The maximum atomic E-state index is 12.4. The van der Waals surface area contributed by atoms with E-state index in [1.54, 1.807) is 6.07 Å². The summed E-state index contributed by atoms with van der Waals surface area (Å²) in [6, 6.07) is 7.73. The molecule has 0 unspecified atom stereocenters. The van der Waals surface area contributed by atoms with Gasteiger partial charge in [-0.3, -0.25) is 15.0 Å². The second-order valence-electron chi connectivity index (χ2n) is 6.13. The van der Waals surface area contributed by atoms with Crippen molar-refractivity contribution in [3.8, 4) is 0 Å². The molecule has 0 radical (unpaired) electrons. The zero-order valence-electron chi connectivity index (χ0n) is 14.7. The summed E-state index contributed by atoms with van der Waals surface area (Å²) in [5, 5.41) is 2.78. The molecule has 24 heavy (non-hydrogen) atoms. The third-order valence-corrected chi connectivity index (χ3v) is 3.62. The molecular weight excluding hydrogens is 306 g/mol. The molecule has 1 aromatic carbocycles. The number of morpholine rings is 1. The smallest absolute Gasteiger partial charge is 0.291 e. The SMILES string of the molecule is Cc1cccc(C(=O)NC(=NCCN2CCOCC2)OC(C)C)c1. The fourth-order valence-electron chi connectivity index (χ4n) is 2.40. The van der Waals surface area contributed by atoms with E-state index >= 15 is 0 Å². The largest absolute Gasteiger partial charge is 0.462 e. The van der Waals surface area contributed by atoms with Crippen LogP contribution in [0, 0.1) is 6.92 Å². The topological polar surface area (TPSA) is 63.2 Å². The lowest BCUT2D eigenvalue weighted by Gasteiger charge is -2.25. The minimum atomic E-state index is -0.204. The van der Waals surface area contributed by atoms with Crippen molar-refractivity contribution in [3.05, 3.63) is 35.4 Å². The zero-order chi connectivity index (χ0) is 17.4. The van der Waals surface area contributed by atoms with Gasteiger partial charge in [-0.1, -0.05) is 17.7 Å². The number of hydrogen-bond acceptors (Lipinski definition) is 5. The number of amidine groups is 1. The molecule has 0 atom stereocenters. The van der Waals surface area contributed by atoms with E-state index in [2.05, 4.69) is 15.2 Å². The first-order valence-corrected chi connectivity index (χ1v) is 8.44. The number of ether oxygens (including phenoxy) is 2. The first-order valence-electron chi connectivity index (χ1n) is 8.44. The molecule has 0 aromatic heterocycles. The third kappa shape index (κ3) is 6.29. The molecule has 1 aliphatic rings. The quantitative estimate of drug-likeness (QED) is 0.660. The number of nitrogens with one attached hydrogen (secondary N) is 1. The number of benzene rings is 1. The molecule has 2 rings (SSSR count). The number of hydrogen-bond donors (Lipinski definition) is 1. The Morgan fingerprint density at radius 1 is 1.38 bits per heavy atom. The number of aryl methyl sites for hydroxylation is 1. The summed E-state index contributed by atoms with van der Waals surface area (Å²) < 4.78 is 11.0. The molecule has 1 N–H and O–H groups in total. The van der Waals surface area contributed by atoms with E-state index in [1.165, 1.54) is 0 Å². The van der Waals surface area contributed by atoms with Gasteiger partial charge in [-0.25, -0.2) is 4.99 Å². The highest BCUT2D eigenvalue weighted by atomic mass is 16.5. The summed E-state index contributed by atoms with van der Waals surface area (Å²) in [4.78, 5) is 19.1. The lowest BCUT2D eigenvalue weighted by Crippen LogP contribution is -2.39. The first-order chi connectivity index (χ1) is 11.5. The van der Waals surface area contributed by atoms with Gasteiger partial charge in [-0.05, 0) is 32.9 Å². The van der Waals surface area contributed by atoms with Crippen LogP contribution in [0.25, 0.3) is 0 Å². The van der Waals surface area contributed by atoms with Gasteiger partial charge in [0.15, 0.2) is 0 Å². The van der Waals surface area contributed by atoms with E-state index in [0.717, 1.165) is 38.4 Å². The van der Waals surface area contributed by atoms with E-state index in [0.29, 0.717) is 12.1 Å². The van der Waals surface area contributed by atoms with Gasteiger partial charge < -0.3 is 9.47 Å². The second-order valence-corrected chi connectivity index (χ2v) is 6.13. The fraction of sp³-hybridized carbons (Fsp3) is 0.556. The standard InChI is InChI=1S/C18H27N3O3/c1-14(2)24-18(19-7-8-21-9-11-23-12-10-21)20-17(22)16-6-4-5-15(3)13-16/h4-6,13-14H,7-12H2,1-3H3,(H,19,20,22). The Bertz CT molecular complexity index is 566. The van der Waals surface area contributed by atoms with Crippen molar-refractivity contribution in [2.24, 2.45) is 4.99 Å². The predicted molar refractivity (Wildman–Crippen MR) is 94.4 cm³/mol. The van der Waals surface area contributed by atoms with Gasteiger partial charge in [0, 0.05) is 25.2 Å². The minimum Gasteiger partial charge on any atom is -0.462 e. The number of aliphatic imine (C=N–C) groups is 1. The Balaban J connectivity index is 1.93. The van der Waals surface area contributed by atoms with Crippen molar-refractivity contribution in [1.82, 2.24) is 10.2 Å². The number of carbonyl (C=O) groups is 1. The van der Waals surface area contributed by atoms with Crippen molar-refractivity contribution >= 4 is 11.9 Å². The maximum Gasteiger partial charge on any atom is 0.291 e. The molecule has 1 fully saturated rings. The maximum absolute atomic E-state index is 12.4. The van der Waals surface area contributed by atoms with Crippen LogP contribution in [0.2, 0.25) is 0 Å². The number of nitrogens with zero attached hydrogens (tertiary/aromatic N) is 2. The Hall–Kier alpha value is -1.92. The van der Waals surface area contributed by atoms with Crippen LogP contribution < -0.4 is 5.32 Å². The minimum absolute atomic E-state index is 0.0510. The molecule has 6 heteroatoms. The average molecular weight is 333 g/mol. The van der Waals surface area contributed by atoms with Crippen LogP contribution in [0.15, 0.2) is 29.3 Å². The highest BCUT2D eigenvalue weighted by molar-refractivity contribution is 6.04. The van der Waals surface area contributed by atoms with Crippen LogP contribution in [0.1, 0.15) is 29.8 Å². The van der Waals surface area contributed by atoms with Crippen molar-refractivity contribution in [3.63, 3.8) is 0 Å². The summed E-state index contributed by atoms with van der Waals surface area (Å²) in [6.45, 7) is 10.6. The number of amides is 1. The molecule has 6 nitrogen and oxygen atoms in total. The van der Waals surface area contributed by atoms with E-state index in [1.807, 2.05) is 39.0 Å². The summed E-state index contributed by atoms with van der Waals surface area (Å²) in [5.74, 6) is -0.204. The van der Waals surface area contributed by atoms with Crippen molar-refractivity contribution in [2.45, 2.75) is 26.9 Å². The summed E-state index contributed by atoms with van der Waals surface area (Å²) >= 11 is 0. The highest BCUT2D eigenvalue weighted by Crippen LogP contribution is 2.04. The van der Waals surface area contributed by atoms with Crippen molar-refractivity contribution in [1.29, 1.82) is 0 Å². The van der Waals surface area contributed by atoms with Crippen LogP contribution in [0.3, 0.4) is 0 Å². The fourth-order valence-corrected chi connectivity index (χ4v) is 2.40. The van der Waals surface area contributed by atoms with Gasteiger partial charge in [-0.15, -0.1) is 0 Å². The predicted octanol–water partition coefficient (Wildman–Crippen LogP) is 1.84. The van der Waals surface area contributed by atoms with Crippen LogP contribution >= 0.6 is 0 Å². The van der Waals surface area contributed by atoms with Gasteiger partial charge in [0.2, 0.25) is 0 Å². The van der Waals surface area contributed by atoms with Crippen molar-refractivity contribution < 1.29 is 14.3 Å². The number of carbonyl (C=O) groups excluding carboxylic acids is 1. The van der Waals surface area contributed by atoms with Gasteiger partial charge in [0.1, 0.15) is 0 Å². The summed E-state index contributed by atoms with van der Waals surface area (Å²) in [7, 11) is 0. The molecule has 0 spiro atoms. The van der Waals surface area contributed by atoms with Gasteiger partial charge in [0.25, 0.3) is 11.9 Å². The van der Waals surface area contributed by atoms with Gasteiger partial charge >= 0.3 is 0 Å². The molecular formula is C18H27N3O3. The molecule has 1 amide bonds. The Labute approximate surface area is 143 Å². The van der Waals surface area contributed by atoms with E-state index < -0.39 is 0 Å². The first kappa shape index (κ1) is 18.4. The third-order valence-electron chi connectivity index (χ3n) is 3.62. The molecule has 0 bridgehead atoms. The Morgan fingerprint density at radius 3 is 2.79 bits per heavy atom. The van der Waals surface area contributed by atoms with Crippen LogP contribution in [0.5, 0.6) is 0 Å². The molecule has 132 valence electrons. The molecule has 1 saturated heterocycles. The lowest BCUT2D eigenvalue weighted by atomic mass is 10.1.